The third kappa shape index (κ3) is 6.30. The van der Waals surface area contributed by atoms with Crippen LogP contribution in [0.5, 0.6) is 5.75 Å². The molecule has 0 aliphatic heterocycles. The Balaban J connectivity index is 1.60. The van der Waals surface area contributed by atoms with Crippen LogP contribution in [0, 0.1) is 0 Å². The molecule has 2 aromatic heterocycles. The van der Waals surface area contributed by atoms with Crippen molar-refractivity contribution >= 4 is 29.1 Å². The lowest BCUT2D eigenvalue weighted by atomic mass is 10.1. The largest absolute Gasteiger partial charge is 0.497 e. The summed E-state index contributed by atoms with van der Waals surface area (Å²) in [5, 5.41) is 7.57. The van der Waals surface area contributed by atoms with E-state index in [0.29, 0.717) is 16.4 Å². The highest BCUT2D eigenvalue weighted by Crippen LogP contribution is 2.27. The second-order valence-corrected chi connectivity index (χ2v) is 9.39. The topological polar surface area (TPSA) is 101 Å². The number of methoxy groups -OCH3 is 1. The zero-order chi connectivity index (χ0) is 24.6. The van der Waals surface area contributed by atoms with E-state index in [9.17, 15) is 14.4 Å². The fraction of sp³-hybridized carbons (Fsp3) is 0.346. The van der Waals surface area contributed by atoms with Gasteiger partial charge >= 0.3 is 0 Å². The summed E-state index contributed by atoms with van der Waals surface area (Å²) < 4.78 is 10.9. The van der Waals surface area contributed by atoms with Gasteiger partial charge < -0.3 is 24.7 Å². The SMILES string of the molecule is COc1cccc(CN(C(=O)CNC(=O)c2cccs2)[C@H](C(=O)NC2CCCC2)c2ccco2)c1. The second-order valence-electron chi connectivity index (χ2n) is 8.44. The van der Waals surface area contributed by atoms with E-state index in [4.69, 9.17) is 9.15 Å². The van der Waals surface area contributed by atoms with Gasteiger partial charge in [-0.3, -0.25) is 14.4 Å². The van der Waals surface area contributed by atoms with Crippen LogP contribution < -0.4 is 15.4 Å². The molecule has 3 aromatic rings. The molecule has 8 nitrogen and oxygen atoms in total. The van der Waals surface area contributed by atoms with E-state index in [1.165, 1.54) is 22.5 Å². The molecule has 1 saturated carbocycles. The van der Waals surface area contributed by atoms with Gasteiger partial charge in [-0.25, -0.2) is 0 Å². The summed E-state index contributed by atoms with van der Waals surface area (Å²) in [6.45, 7) is -0.122. The molecule has 1 aliphatic carbocycles. The van der Waals surface area contributed by atoms with Crippen molar-refractivity contribution in [1.82, 2.24) is 15.5 Å². The summed E-state index contributed by atoms with van der Waals surface area (Å²) in [6.07, 6.45) is 5.45. The summed E-state index contributed by atoms with van der Waals surface area (Å²) in [4.78, 5) is 41.4. The van der Waals surface area contributed by atoms with Gasteiger partial charge in [-0.15, -0.1) is 11.3 Å². The zero-order valence-corrected chi connectivity index (χ0v) is 20.4. The molecule has 1 aliphatic rings. The highest BCUT2D eigenvalue weighted by atomic mass is 32.1. The first-order valence-electron chi connectivity index (χ1n) is 11.6. The molecule has 1 aromatic carbocycles. The maximum atomic E-state index is 13.5. The molecule has 35 heavy (non-hydrogen) atoms. The lowest BCUT2D eigenvalue weighted by molar-refractivity contribution is -0.141. The molecule has 0 unspecified atom stereocenters. The number of nitrogens with one attached hydrogen (secondary N) is 2. The lowest BCUT2D eigenvalue weighted by Gasteiger charge is -2.31. The van der Waals surface area contributed by atoms with Crippen LogP contribution in [0.25, 0.3) is 0 Å². The average molecular weight is 496 g/mol. The number of carbonyl (C=O) groups excluding carboxylic acids is 3. The predicted octanol–water partition coefficient (Wildman–Crippen LogP) is 3.91. The number of thiophene rings is 1. The Kier molecular flexibility index (Phi) is 8.20. The fourth-order valence-electron chi connectivity index (χ4n) is 4.26. The van der Waals surface area contributed by atoms with Crippen LogP contribution in [0.3, 0.4) is 0 Å². The fourth-order valence-corrected chi connectivity index (χ4v) is 4.90. The molecular formula is C26H29N3O5S. The zero-order valence-electron chi connectivity index (χ0n) is 19.6. The minimum atomic E-state index is -0.983. The minimum absolute atomic E-state index is 0.0762. The van der Waals surface area contributed by atoms with Gasteiger partial charge in [0.05, 0.1) is 24.8 Å². The number of carbonyl (C=O) groups is 3. The Labute approximate surface area is 208 Å². The van der Waals surface area contributed by atoms with Crippen molar-refractivity contribution in [3.8, 4) is 5.75 Å². The van der Waals surface area contributed by atoms with Gasteiger partial charge in [0.1, 0.15) is 11.5 Å². The van der Waals surface area contributed by atoms with Crippen molar-refractivity contribution in [2.24, 2.45) is 0 Å². The van der Waals surface area contributed by atoms with Crippen LogP contribution in [0.15, 0.2) is 64.6 Å². The highest BCUT2D eigenvalue weighted by Gasteiger charge is 2.35. The minimum Gasteiger partial charge on any atom is -0.497 e. The van der Waals surface area contributed by atoms with E-state index in [2.05, 4.69) is 10.6 Å². The van der Waals surface area contributed by atoms with Crippen molar-refractivity contribution in [1.29, 1.82) is 0 Å². The number of nitrogens with zero attached hydrogens (tertiary/aromatic N) is 1. The van der Waals surface area contributed by atoms with Crippen molar-refractivity contribution in [2.45, 2.75) is 44.3 Å². The molecule has 4 rings (SSSR count). The van der Waals surface area contributed by atoms with Crippen molar-refractivity contribution in [3.63, 3.8) is 0 Å². The highest BCUT2D eigenvalue weighted by molar-refractivity contribution is 7.12. The molecule has 0 spiro atoms. The van der Waals surface area contributed by atoms with E-state index in [-0.39, 0.29) is 30.9 Å². The van der Waals surface area contributed by atoms with Gasteiger partial charge in [0.15, 0.2) is 6.04 Å². The van der Waals surface area contributed by atoms with Gasteiger partial charge in [-0.05, 0) is 54.1 Å². The number of hydrogen-bond donors (Lipinski definition) is 2. The number of amides is 3. The number of benzene rings is 1. The maximum Gasteiger partial charge on any atom is 0.261 e. The van der Waals surface area contributed by atoms with Crippen molar-refractivity contribution in [3.05, 3.63) is 76.4 Å². The van der Waals surface area contributed by atoms with Gasteiger partial charge in [-0.1, -0.05) is 31.0 Å². The first-order valence-corrected chi connectivity index (χ1v) is 12.5. The summed E-state index contributed by atoms with van der Waals surface area (Å²) in [6, 6.07) is 13.3. The Morgan fingerprint density at radius 2 is 1.97 bits per heavy atom. The molecule has 0 bridgehead atoms. The molecule has 2 heterocycles. The summed E-state index contributed by atoms with van der Waals surface area (Å²) in [5.41, 5.74) is 0.785. The molecular weight excluding hydrogens is 466 g/mol. The van der Waals surface area contributed by atoms with Crippen LogP contribution in [0.2, 0.25) is 0 Å². The van der Waals surface area contributed by atoms with Crippen LogP contribution in [-0.2, 0) is 16.1 Å². The second kappa shape index (κ2) is 11.7. The summed E-state index contributed by atoms with van der Waals surface area (Å²) in [7, 11) is 1.57. The molecule has 184 valence electrons. The maximum absolute atomic E-state index is 13.5. The Hall–Kier alpha value is -3.59. The van der Waals surface area contributed by atoms with Crippen LogP contribution in [-0.4, -0.2) is 42.3 Å². The number of hydrogen-bond acceptors (Lipinski definition) is 6. The van der Waals surface area contributed by atoms with Crippen LogP contribution in [0.4, 0.5) is 0 Å². The van der Waals surface area contributed by atoms with E-state index in [1.807, 2.05) is 24.3 Å². The molecule has 0 saturated heterocycles. The van der Waals surface area contributed by atoms with Gasteiger partial charge in [0.25, 0.3) is 11.8 Å². The Bertz CT molecular complexity index is 1120. The first kappa shape index (κ1) is 24.5. The third-order valence-corrected chi connectivity index (χ3v) is 6.90. The Morgan fingerprint density at radius 1 is 1.14 bits per heavy atom. The monoisotopic (exact) mass is 495 g/mol. The standard InChI is InChI=1S/C26H29N3O5S/c1-33-20-10-4-7-18(15-20)17-29(23(30)16-27-25(31)22-12-6-14-35-22)24(21-11-5-13-34-21)26(32)28-19-8-2-3-9-19/h4-7,10-15,19,24H,2-3,8-9,16-17H2,1H3,(H,27,31)(H,28,32)/t24-/m0/s1. The van der Waals surface area contributed by atoms with E-state index in [1.54, 1.807) is 36.8 Å². The Morgan fingerprint density at radius 3 is 2.66 bits per heavy atom. The summed E-state index contributed by atoms with van der Waals surface area (Å²) >= 11 is 1.29. The van der Waals surface area contributed by atoms with Crippen LogP contribution in [0.1, 0.15) is 52.7 Å². The van der Waals surface area contributed by atoms with E-state index >= 15 is 0 Å². The van der Waals surface area contributed by atoms with Gasteiger partial charge in [0.2, 0.25) is 5.91 Å². The van der Waals surface area contributed by atoms with Crippen molar-refractivity contribution in [2.75, 3.05) is 13.7 Å². The molecule has 0 radical (unpaired) electrons. The first-order chi connectivity index (χ1) is 17.0. The normalized spacial score (nSPS) is 14.3. The van der Waals surface area contributed by atoms with Crippen molar-refractivity contribution < 1.29 is 23.5 Å². The predicted molar refractivity (Wildman–Crippen MR) is 132 cm³/mol. The molecule has 1 atom stereocenters. The van der Waals surface area contributed by atoms with Crippen LogP contribution >= 0.6 is 11.3 Å². The molecule has 1 fully saturated rings. The molecule has 3 amide bonds. The van der Waals surface area contributed by atoms with E-state index in [0.717, 1.165) is 31.2 Å². The number of rotatable bonds is 10. The van der Waals surface area contributed by atoms with Gasteiger partial charge in [-0.2, -0.15) is 0 Å². The average Bonchev–Trinajstić information content (AvgIpc) is 3.66. The molecule has 2 N–H and O–H groups in total. The quantitative estimate of drug-likeness (QED) is 0.444. The lowest BCUT2D eigenvalue weighted by Crippen LogP contribution is -2.48. The summed E-state index contributed by atoms with van der Waals surface area (Å²) in [5.74, 6) is -0.0276. The number of ether oxygens (including phenoxy) is 1. The smallest absolute Gasteiger partial charge is 0.261 e. The van der Waals surface area contributed by atoms with E-state index < -0.39 is 11.9 Å². The van der Waals surface area contributed by atoms with Gasteiger partial charge in [0, 0.05) is 12.6 Å². The molecule has 9 heteroatoms. The third-order valence-electron chi connectivity index (χ3n) is 6.03. The number of furan rings is 1.